The van der Waals surface area contributed by atoms with Gasteiger partial charge < -0.3 is 23.8 Å². The van der Waals surface area contributed by atoms with Crippen molar-refractivity contribution in [2.24, 2.45) is 0 Å². The molecule has 1 aromatic carbocycles. The summed E-state index contributed by atoms with van der Waals surface area (Å²) in [5, 5.41) is 4.17. The summed E-state index contributed by atoms with van der Waals surface area (Å²) in [6.07, 6.45) is 5.14. The maximum atomic E-state index is 12.7. The van der Waals surface area contributed by atoms with Gasteiger partial charge >= 0.3 is 6.03 Å². The molecule has 2 fully saturated rings. The Hall–Kier alpha value is -2.77. The van der Waals surface area contributed by atoms with Crippen LogP contribution in [0.4, 0.5) is 4.79 Å². The molecule has 162 valence electrons. The molecule has 0 aliphatic carbocycles. The molecule has 0 saturated carbocycles. The lowest BCUT2D eigenvalue weighted by Gasteiger charge is -2.36. The standard InChI is InChI=1S/C22H30N4O4/c1-3-29-18-8-7-17(15-19(18)28-2)20-23-21(30-24-20)16-9-13-26(14-10-16)22(27)25-11-5-4-6-12-25/h7-8,15-16H,3-6,9-14H2,1-2H3. The Balaban J connectivity index is 1.38. The van der Waals surface area contributed by atoms with Crippen molar-refractivity contribution in [2.75, 3.05) is 39.9 Å². The number of urea groups is 1. The van der Waals surface area contributed by atoms with Crippen LogP contribution in [0.1, 0.15) is 50.8 Å². The Morgan fingerprint density at radius 3 is 2.53 bits per heavy atom. The zero-order valence-corrected chi connectivity index (χ0v) is 17.8. The number of ether oxygens (including phenoxy) is 2. The number of amides is 2. The SMILES string of the molecule is CCOc1ccc(-c2noc(C3CCN(C(=O)N4CCCCC4)CC3)n2)cc1OC. The Labute approximate surface area is 177 Å². The maximum Gasteiger partial charge on any atom is 0.319 e. The summed E-state index contributed by atoms with van der Waals surface area (Å²) >= 11 is 0. The molecule has 4 rings (SSSR count). The minimum absolute atomic E-state index is 0.181. The van der Waals surface area contributed by atoms with E-state index in [2.05, 4.69) is 10.1 Å². The predicted molar refractivity (Wildman–Crippen MR) is 112 cm³/mol. The molecule has 0 atom stereocenters. The molecule has 2 saturated heterocycles. The van der Waals surface area contributed by atoms with Gasteiger partial charge in [0.1, 0.15) is 0 Å². The topological polar surface area (TPSA) is 80.9 Å². The Morgan fingerprint density at radius 2 is 1.83 bits per heavy atom. The number of carbonyl (C=O) groups is 1. The summed E-state index contributed by atoms with van der Waals surface area (Å²) in [5.74, 6) is 2.70. The summed E-state index contributed by atoms with van der Waals surface area (Å²) in [4.78, 5) is 21.3. The van der Waals surface area contributed by atoms with Crippen LogP contribution in [0.2, 0.25) is 0 Å². The van der Waals surface area contributed by atoms with Gasteiger partial charge in [0, 0.05) is 37.7 Å². The predicted octanol–water partition coefficient (Wildman–Crippen LogP) is 3.93. The third-order valence-electron chi connectivity index (χ3n) is 5.90. The fourth-order valence-corrected chi connectivity index (χ4v) is 4.20. The Morgan fingerprint density at radius 1 is 1.10 bits per heavy atom. The molecule has 2 aliphatic heterocycles. The summed E-state index contributed by atoms with van der Waals surface area (Å²) in [6.45, 7) is 5.74. The highest BCUT2D eigenvalue weighted by Crippen LogP contribution is 2.33. The summed E-state index contributed by atoms with van der Waals surface area (Å²) in [5.41, 5.74) is 0.822. The van der Waals surface area contributed by atoms with Crippen molar-refractivity contribution in [3.8, 4) is 22.9 Å². The molecular formula is C22H30N4O4. The van der Waals surface area contributed by atoms with Crippen LogP contribution in [-0.2, 0) is 0 Å². The molecule has 0 N–H and O–H groups in total. The fraction of sp³-hybridized carbons (Fsp3) is 0.591. The van der Waals surface area contributed by atoms with Gasteiger partial charge in [0.05, 0.1) is 13.7 Å². The molecule has 0 spiro atoms. The van der Waals surface area contributed by atoms with Crippen molar-refractivity contribution < 1.29 is 18.8 Å². The van der Waals surface area contributed by atoms with Gasteiger partial charge in [-0.05, 0) is 57.2 Å². The van der Waals surface area contributed by atoms with Gasteiger partial charge in [-0.1, -0.05) is 5.16 Å². The molecule has 8 heteroatoms. The quantitative estimate of drug-likeness (QED) is 0.737. The lowest BCUT2D eigenvalue weighted by atomic mass is 9.97. The van der Waals surface area contributed by atoms with Gasteiger partial charge in [-0.2, -0.15) is 4.98 Å². The molecule has 0 radical (unpaired) electrons. The van der Waals surface area contributed by atoms with E-state index < -0.39 is 0 Å². The Bertz CT molecular complexity index is 855. The highest BCUT2D eigenvalue weighted by atomic mass is 16.5. The first-order valence-electron chi connectivity index (χ1n) is 10.9. The summed E-state index contributed by atoms with van der Waals surface area (Å²) in [7, 11) is 1.61. The van der Waals surface area contributed by atoms with Crippen LogP contribution in [0.15, 0.2) is 22.7 Å². The first kappa shape index (κ1) is 20.5. The lowest BCUT2D eigenvalue weighted by molar-refractivity contribution is 0.128. The van der Waals surface area contributed by atoms with Gasteiger partial charge in [-0.3, -0.25) is 0 Å². The van der Waals surface area contributed by atoms with Gasteiger partial charge in [0.25, 0.3) is 0 Å². The highest BCUT2D eigenvalue weighted by Gasteiger charge is 2.30. The van der Waals surface area contributed by atoms with Crippen molar-refractivity contribution in [1.82, 2.24) is 19.9 Å². The molecule has 0 bridgehead atoms. The van der Waals surface area contributed by atoms with Crippen molar-refractivity contribution >= 4 is 6.03 Å². The third kappa shape index (κ3) is 4.37. The van der Waals surface area contributed by atoms with Gasteiger partial charge in [0.15, 0.2) is 11.5 Å². The van der Waals surface area contributed by atoms with E-state index in [1.807, 2.05) is 34.9 Å². The number of hydrogen-bond donors (Lipinski definition) is 0. The molecule has 1 aromatic heterocycles. The highest BCUT2D eigenvalue weighted by molar-refractivity contribution is 5.74. The number of aromatic nitrogens is 2. The number of rotatable bonds is 5. The van der Waals surface area contributed by atoms with E-state index in [0.717, 1.165) is 57.4 Å². The van der Waals surface area contributed by atoms with Gasteiger partial charge in [-0.15, -0.1) is 0 Å². The number of nitrogens with zero attached hydrogens (tertiary/aromatic N) is 4. The summed E-state index contributed by atoms with van der Waals surface area (Å²) < 4.78 is 16.6. The van der Waals surface area contributed by atoms with Crippen LogP contribution in [0.5, 0.6) is 11.5 Å². The van der Waals surface area contributed by atoms with E-state index in [9.17, 15) is 4.79 Å². The lowest BCUT2D eigenvalue weighted by Crippen LogP contribution is -2.48. The zero-order valence-electron chi connectivity index (χ0n) is 17.8. The van der Waals surface area contributed by atoms with Crippen LogP contribution in [0.25, 0.3) is 11.4 Å². The minimum Gasteiger partial charge on any atom is -0.493 e. The van der Waals surface area contributed by atoms with Crippen molar-refractivity contribution in [1.29, 1.82) is 0 Å². The monoisotopic (exact) mass is 414 g/mol. The zero-order chi connectivity index (χ0) is 20.9. The largest absolute Gasteiger partial charge is 0.493 e. The first-order valence-corrected chi connectivity index (χ1v) is 10.9. The molecule has 2 aliphatic rings. The number of methoxy groups -OCH3 is 1. The number of likely N-dealkylation sites (tertiary alicyclic amines) is 2. The van der Waals surface area contributed by atoms with Crippen molar-refractivity contribution in [2.45, 2.75) is 44.9 Å². The molecule has 30 heavy (non-hydrogen) atoms. The molecule has 2 amide bonds. The second-order valence-corrected chi connectivity index (χ2v) is 7.85. The van der Waals surface area contributed by atoms with Crippen LogP contribution in [-0.4, -0.2) is 65.9 Å². The minimum atomic E-state index is 0.181. The van der Waals surface area contributed by atoms with Crippen molar-refractivity contribution in [3.63, 3.8) is 0 Å². The van der Waals surface area contributed by atoms with Crippen molar-refractivity contribution in [3.05, 3.63) is 24.1 Å². The normalized spacial score (nSPS) is 17.8. The van der Waals surface area contributed by atoms with Gasteiger partial charge in [-0.25, -0.2) is 4.79 Å². The number of carbonyl (C=O) groups excluding carboxylic acids is 1. The first-order chi connectivity index (χ1) is 14.7. The Kier molecular flexibility index (Phi) is 6.40. The second kappa shape index (κ2) is 9.36. The van der Waals surface area contributed by atoms with E-state index in [1.165, 1.54) is 6.42 Å². The number of hydrogen-bond acceptors (Lipinski definition) is 6. The third-order valence-corrected chi connectivity index (χ3v) is 5.90. The smallest absolute Gasteiger partial charge is 0.319 e. The second-order valence-electron chi connectivity index (χ2n) is 7.85. The van der Waals surface area contributed by atoms with Crippen LogP contribution in [0.3, 0.4) is 0 Å². The van der Waals surface area contributed by atoms with Crippen LogP contribution < -0.4 is 9.47 Å². The van der Waals surface area contributed by atoms with Crippen LogP contribution >= 0.6 is 0 Å². The molecular weight excluding hydrogens is 384 g/mol. The molecule has 8 nitrogen and oxygen atoms in total. The molecule has 3 heterocycles. The molecule has 0 unspecified atom stereocenters. The van der Waals surface area contributed by atoms with Crippen LogP contribution in [0, 0.1) is 0 Å². The van der Waals surface area contributed by atoms with E-state index in [1.54, 1.807) is 7.11 Å². The van der Waals surface area contributed by atoms with E-state index >= 15 is 0 Å². The average molecular weight is 415 g/mol. The van der Waals surface area contributed by atoms with E-state index in [0.29, 0.717) is 29.8 Å². The number of benzene rings is 1. The maximum absolute atomic E-state index is 12.7. The number of piperidine rings is 2. The van der Waals surface area contributed by atoms with E-state index in [-0.39, 0.29) is 11.9 Å². The fourth-order valence-electron chi connectivity index (χ4n) is 4.20. The molecule has 2 aromatic rings. The van der Waals surface area contributed by atoms with E-state index in [4.69, 9.17) is 14.0 Å². The van der Waals surface area contributed by atoms with Gasteiger partial charge in [0.2, 0.25) is 11.7 Å². The average Bonchev–Trinajstić information content (AvgIpc) is 3.30. The summed E-state index contributed by atoms with van der Waals surface area (Å²) in [6, 6.07) is 5.81.